The molecule has 0 aliphatic carbocycles. The van der Waals surface area contributed by atoms with Gasteiger partial charge in [0.1, 0.15) is 0 Å². The van der Waals surface area contributed by atoms with E-state index in [2.05, 4.69) is 4.90 Å². The van der Waals surface area contributed by atoms with E-state index in [0.29, 0.717) is 50.9 Å². The largest absolute Gasteiger partial charge is 0.330 e. The van der Waals surface area contributed by atoms with Crippen molar-refractivity contribution in [3.63, 3.8) is 0 Å². The molecule has 0 aliphatic heterocycles. The summed E-state index contributed by atoms with van der Waals surface area (Å²) in [6.45, 7) is 2.72. The summed E-state index contributed by atoms with van der Waals surface area (Å²) in [4.78, 5) is 28.3. The van der Waals surface area contributed by atoms with E-state index < -0.39 is 0 Å². The van der Waals surface area contributed by atoms with E-state index in [1.807, 2.05) is 0 Å². The van der Waals surface area contributed by atoms with Crippen molar-refractivity contribution in [2.75, 3.05) is 37.7 Å². The van der Waals surface area contributed by atoms with Crippen LogP contribution in [0.3, 0.4) is 0 Å². The molecule has 154 valence electrons. The summed E-state index contributed by atoms with van der Waals surface area (Å²) in [5.41, 5.74) is 5.51. The van der Waals surface area contributed by atoms with Crippen LogP contribution in [-0.2, 0) is 0 Å². The third-order valence-corrected chi connectivity index (χ3v) is 8.74. The first-order valence-electron chi connectivity index (χ1n) is 8.73. The summed E-state index contributed by atoms with van der Waals surface area (Å²) in [7, 11) is 3.52. The monoisotopic (exact) mass is 496 g/mol. The zero-order chi connectivity index (χ0) is 20.4. The summed E-state index contributed by atoms with van der Waals surface area (Å²) >= 11 is 14.4. The molecule has 0 saturated carbocycles. The Morgan fingerprint density at radius 3 is 1.79 bits per heavy atom. The minimum Gasteiger partial charge on any atom is -0.330 e. The highest BCUT2D eigenvalue weighted by atomic mass is 35.5. The van der Waals surface area contributed by atoms with E-state index in [1.165, 1.54) is 22.7 Å². The number of carbonyl (C=O) groups is 2. The van der Waals surface area contributed by atoms with Crippen molar-refractivity contribution in [1.82, 2.24) is 4.90 Å². The van der Waals surface area contributed by atoms with Crippen LogP contribution >= 0.6 is 67.5 Å². The van der Waals surface area contributed by atoms with Crippen molar-refractivity contribution in [3.8, 4) is 0 Å². The van der Waals surface area contributed by atoms with E-state index in [-0.39, 0.29) is 11.6 Å². The maximum Gasteiger partial charge on any atom is 0.174 e. The second-order valence-electron chi connectivity index (χ2n) is 5.83. The second-order valence-corrected chi connectivity index (χ2v) is 12.0. The highest BCUT2D eigenvalue weighted by molar-refractivity contribution is 8.76. The van der Waals surface area contributed by atoms with Crippen LogP contribution in [0, 0.1) is 0 Å². The molecule has 0 unspecified atom stereocenters. The number of rotatable bonds is 14. The van der Waals surface area contributed by atoms with Gasteiger partial charge in [-0.1, -0.05) is 44.8 Å². The van der Waals surface area contributed by atoms with Crippen molar-refractivity contribution in [2.24, 2.45) is 5.73 Å². The zero-order valence-corrected chi connectivity index (χ0v) is 20.0. The van der Waals surface area contributed by atoms with E-state index >= 15 is 0 Å². The fourth-order valence-electron chi connectivity index (χ4n) is 2.36. The van der Waals surface area contributed by atoms with Crippen LogP contribution in [0.5, 0.6) is 0 Å². The number of nitrogens with two attached hydrogens (primary N) is 1. The van der Waals surface area contributed by atoms with Gasteiger partial charge in [-0.25, -0.2) is 0 Å². The molecular weight excluding hydrogens is 475 g/mol. The molecule has 2 aromatic rings. The van der Waals surface area contributed by atoms with Crippen LogP contribution in [0.1, 0.15) is 32.2 Å². The van der Waals surface area contributed by atoms with Gasteiger partial charge in [0.15, 0.2) is 11.6 Å². The third-order valence-electron chi connectivity index (χ3n) is 3.78. The average Bonchev–Trinajstić information content (AvgIpc) is 3.31. The van der Waals surface area contributed by atoms with E-state index in [1.54, 1.807) is 45.9 Å². The number of halogens is 2. The first kappa shape index (κ1) is 24.2. The summed E-state index contributed by atoms with van der Waals surface area (Å²) in [5, 5.41) is 0. The Morgan fingerprint density at radius 1 is 0.857 bits per heavy atom. The number of hydrogen-bond acceptors (Lipinski definition) is 8. The minimum atomic E-state index is 0.0865. The average molecular weight is 498 g/mol. The Balaban J connectivity index is 1.84. The molecule has 0 amide bonds. The Hall–Kier alpha value is -0.0600. The van der Waals surface area contributed by atoms with Crippen molar-refractivity contribution < 1.29 is 9.59 Å². The molecule has 0 spiro atoms. The number of nitrogens with zero attached hydrogens (tertiary/aromatic N) is 1. The van der Waals surface area contributed by atoms with Gasteiger partial charge in [0.2, 0.25) is 0 Å². The molecule has 0 radical (unpaired) electrons. The van der Waals surface area contributed by atoms with E-state index in [4.69, 9.17) is 28.9 Å². The first-order chi connectivity index (χ1) is 13.5. The van der Waals surface area contributed by atoms with Gasteiger partial charge >= 0.3 is 0 Å². The Morgan fingerprint density at radius 2 is 1.36 bits per heavy atom. The standard InChI is InChI=1S/C18H22Cl2N2O2S4/c19-17-3-1-15(27-17)13(23)5-8-22(10-12-26-25-11-7-21)9-6-14(24)16-2-4-18(20)28-16/h1-4H,5-12,21H2. The first-order valence-corrected chi connectivity index (χ1v) is 13.6. The maximum atomic E-state index is 12.4. The summed E-state index contributed by atoms with van der Waals surface area (Å²) < 4.78 is 1.24. The van der Waals surface area contributed by atoms with Crippen molar-refractivity contribution in [1.29, 1.82) is 0 Å². The zero-order valence-electron chi connectivity index (χ0n) is 15.2. The summed E-state index contributed by atoms with van der Waals surface area (Å²) in [6.07, 6.45) is 0.826. The molecule has 2 aromatic heterocycles. The number of hydrogen-bond donors (Lipinski definition) is 1. The van der Waals surface area contributed by atoms with Gasteiger partial charge in [0, 0.05) is 50.5 Å². The minimum absolute atomic E-state index is 0.0865. The van der Waals surface area contributed by atoms with Crippen LogP contribution in [0.25, 0.3) is 0 Å². The Bertz CT molecular complexity index is 710. The lowest BCUT2D eigenvalue weighted by Crippen LogP contribution is -2.30. The normalized spacial score (nSPS) is 11.3. The maximum absolute atomic E-state index is 12.4. The topological polar surface area (TPSA) is 63.4 Å². The Labute approximate surface area is 191 Å². The predicted octanol–water partition coefficient (Wildman–Crippen LogP) is 5.60. The molecule has 0 saturated heterocycles. The molecule has 10 heteroatoms. The van der Waals surface area contributed by atoms with Crippen molar-refractivity contribution in [2.45, 2.75) is 12.8 Å². The fraction of sp³-hybridized carbons (Fsp3) is 0.444. The van der Waals surface area contributed by atoms with Gasteiger partial charge in [-0.05, 0) is 24.3 Å². The van der Waals surface area contributed by atoms with Crippen LogP contribution in [-0.4, -0.2) is 54.2 Å². The fourth-order valence-corrected chi connectivity index (χ4v) is 6.27. The van der Waals surface area contributed by atoms with Crippen LogP contribution < -0.4 is 5.73 Å². The van der Waals surface area contributed by atoms with Gasteiger partial charge in [-0.15, -0.1) is 22.7 Å². The lowest BCUT2D eigenvalue weighted by molar-refractivity contribution is 0.0954. The number of Topliss-reactive ketones (excluding diaryl/α,β-unsaturated/α-hetero) is 2. The smallest absolute Gasteiger partial charge is 0.174 e. The third kappa shape index (κ3) is 8.75. The molecule has 0 atom stereocenters. The lowest BCUT2D eigenvalue weighted by atomic mass is 10.2. The van der Waals surface area contributed by atoms with Gasteiger partial charge in [0.05, 0.1) is 18.4 Å². The molecule has 0 aliphatic rings. The molecule has 4 nitrogen and oxygen atoms in total. The molecular formula is C18H22Cl2N2O2S4. The molecule has 2 N–H and O–H groups in total. The van der Waals surface area contributed by atoms with Crippen molar-refractivity contribution in [3.05, 3.63) is 42.7 Å². The molecule has 2 heterocycles. The molecule has 0 bridgehead atoms. The Kier molecular flexibility index (Phi) is 11.5. The van der Waals surface area contributed by atoms with Gasteiger partial charge in [0.25, 0.3) is 0 Å². The van der Waals surface area contributed by atoms with Gasteiger partial charge < -0.3 is 10.6 Å². The highest BCUT2D eigenvalue weighted by Crippen LogP contribution is 2.24. The highest BCUT2D eigenvalue weighted by Gasteiger charge is 2.15. The second kappa shape index (κ2) is 13.3. The van der Waals surface area contributed by atoms with Crippen LogP contribution in [0.15, 0.2) is 24.3 Å². The van der Waals surface area contributed by atoms with Crippen molar-refractivity contribution >= 4 is 79.0 Å². The van der Waals surface area contributed by atoms with Crippen LogP contribution in [0.4, 0.5) is 0 Å². The molecule has 0 fully saturated rings. The molecule has 28 heavy (non-hydrogen) atoms. The number of ketones is 2. The van der Waals surface area contributed by atoms with Crippen LogP contribution in [0.2, 0.25) is 8.67 Å². The molecule has 0 aromatic carbocycles. The van der Waals surface area contributed by atoms with E-state index in [9.17, 15) is 9.59 Å². The summed E-state index contributed by atoms with van der Waals surface area (Å²) in [6, 6.07) is 7.02. The van der Waals surface area contributed by atoms with Gasteiger partial charge in [-0.2, -0.15) is 0 Å². The lowest BCUT2D eigenvalue weighted by Gasteiger charge is -2.21. The number of thiophene rings is 2. The number of carbonyl (C=O) groups excluding carboxylic acids is 2. The summed E-state index contributed by atoms with van der Waals surface area (Å²) in [5.74, 6) is 2.01. The molecule has 2 rings (SSSR count). The quantitative estimate of drug-likeness (QED) is 0.208. The predicted molar refractivity (Wildman–Crippen MR) is 127 cm³/mol. The van der Waals surface area contributed by atoms with E-state index in [0.717, 1.165) is 18.1 Å². The SMILES string of the molecule is NCCSSCCN(CCC(=O)c1ccc(Cl)s1)CCC(=O)c1ccc(Cl)s1. The van der Waals surface area contributed by atoms with Gasteiger partial charge in [-0.3, -0.25) is 9.59 Å².